The maximum absolute atomic E-state index is 12.4. The lowest BCUT2D eigenvalue weighted by atomic mass is 10.1. The van der Waals surface area contributed by atoms with E-state index in [2.05, 4.69) is 5.32 Å². The Morgan fingerprint density at radius 3 is 2.65 bits per heavy atom. The molecule has 5 heteroatoms. The molecule has 5 nitrogen and oxygen atoms in total. The minimum absolute atomic E-state index is 0.000508. The van der Waals surface area contributed by atoms with Crippen molar-refractivity contribution in [1.82, 2.24) is 5.32 Å². The van der Waals surface area contributed by atoms with Crippen molar-refractivity contribution in [2.24, 2.45) is 5.92 Å². The van der Waals surface area contributed by atoms with Gasteiger partial charge in [0.15, 0.2) is 0 Å². The first-order valence-corrected chi connectivity index (χ1v) is 7.73. The van der Waals surface area contributed by atoms with Crippen LogP contribution >= 0.6 is 0 Å². The van der Waals surface area contributed by atoms with Gasteiger partial charge in [-0.25, -0.2) is 0 Å². The maximum atomic E-state index is 12.4. The summed E-state index contributed by atoms with van der Waals surface area (Å²) in [6.07, 6.45) is 1.82. The molecule has 1 N–H and O–H groups in total. The summed E-state index contributed by atoms with van der Waals surface area (Å²) >= 11 is 0. The Hall–Kier alpha value is -2.56. The molecule has 0 aliphatic carbocycles. The molecule has 120 valence electrons. The maximum Gasteiger partial charge on any atom is 0.227 e. The fourth-order valence-corrected chi connectivity index (χ4v) is 3.06. The SMILES string of the molecule is Cc1cccc(C)c1N1C[C@H](C(=O)NCc2ccco2)CC1=O. The lowest BCUT2D eigenvalue weighted by Gasteiger charge is -2.21. The van der Waals surface area contributed by atoms with Crippen molar-refractivity contribution < 1.29 is 14.0 Å². The second-order valence-corrected chi connectivity index (χ2v) is 5.94. The van der Waals surface area contributed by atoms with Gasteiger partial charge in [0, 0.05) is 18.7 Å². The van der Waals surface area contributed by atoms with E-state index in [9.17, 15) is 9.59 Å². The highest BCUT2D eigenvalue weighted by Gasteiger charge is 2.36. The second-order valence-electron chi connectivity index (χ2n) is 5.94. The number of hydrogen-bond acceptors (Lipinski definition) is 3. The van der Waals surface area contributed by atoms with Crippen LogP contribution < -0.4 is 10.2 Å². The van der Waals surface area contributed by atoms with Crippen LogP contribution in [0.2, 0.25) is 0 Å². The first kappa shape index (κ1) is 15.3. The van der Waals surface area contributed by atoms with E-state index in [1.165, 1.54) is 0 Å². The van der Waals surface area contributed by atoms with Crippen LogP contribution in [-0.4, -0.2) is 18.4 Å². The highest BCUT2D eigenvalue weighted by molar-refractivity contribution is 6.01. The van der Waals surface area contributed by atoms with Crippen molar-refractivity contribution in [3.63, 3.8) is 0 Å². The Morgan fingerprint density at radius 1 is 1.26 bits per heavy atom. The highest BCUT2D eigenvalue weighted by Crippen LogP contribution is 2.30. The molecule has 3 rings (SSSR count). The third-order valence-corrected chi connectivity index (χ3v) is 4.22. The molecule has 2 amide bonds. The molecule has 2 aromatic rings. The summed E-state index contributed by atoms with van der Waals surface area (Å²) in [7, 11) is 0. The number of rotatable bonds is 4. The number of furan rings is 1. The number of benzene rings is 1. The van der Waals surface area contributed by atoms with Gasteiger partial charge in [0.1, 0.15) is 5.76 Å². The zero-order valence-electron chi connectivity index (χ0n) is 13.3. The van der Waals surface area contributed by atoms with Gasteiger partial charge >= 0.3 is 0 Å². The number of carbonyl (C=O) groups is 2. The van der Waals surface area contributed by atoms with Gasteiger partial charge in [-0.05, 0) is 37.1 Å². The van der Waals surface area contributed by atoms with Crippen molar-refractivity contribution >= 4 is 17.5 Å². The summed E-state index contributed by atoms with van der Waals surface area (Å²) in [5, 5.41) is 2.84. The normalized spacial score (nSPS) is 17.6. The van der Waals surface area contributed by atoms with E-state index in [1.807, 2.05) is 38.1 Å². The van der Waals surface area contributed by atoms with Crippen LogP contribution in [0.3, 0.4) is 0 Å². The number of carbonyl (C=O) groups excluding carboxylic acids is 2. The summed E-state index contributed by atoms with van der Waals surface area (Å²) in [6, 6.07) is 9.54. The van der Waals surface area contributed by atoms with Crippen molar-refractivity contribution in [2.45, 2.75) is 26.8 Å². The number of para-hydroxylation sites is 1. The third-order valence-electron chi connectivity index (χ3n) is 4.22. The van der Waals surface area contributed by atoms with E-state index in [0.717, 1.165) is 16.8 Å². The van der Waals surface area contributed by atoms with Crippen LogP contribution in [-0.2, 0) is 16.1 Å². The van der Waals surface area contributed by atoms with Crippen LogP contribution in [0.15, 0.2) is 41.0 Å². The standard InChI is InChI=1S/C18H20N2O3/c1-12-5-3-6-13(2)17(12)20-11-14(9-16(20)21)18(22)19-10-15-7-4-8-23-15/h3-8,14H,9-11H2,1-2H3,(H,19,22)/t14-/m1/s1. The molecule has 1 aliphatic heterocycles. The van der Waals surface area contributed by atoms with Gasteiger partial charge in [-0.15, -0.1) is 0 Å². The number of hydrogen-bond donors (Lipinski definition) is 1. The van der Waals surface area contributed by atoms with Gasteiger partial charge in [0.25, 0.3) is 0 Å². The monoisotopic (exact) mass is 312 g/mol. The van der Waals surface area contributed by atoms with Crippen LogP contribution in [0.1, 0.15) is 23.3 Å². The molecule has 0 radical (unpaired) electrons. The smallest absolute Gasteiger partial charge is 0.227 e. The lowest BCUT2D eigenvalue weighted by Crippen LogP contribution is -2.32. The van der Waals surface area contributed by atoms with Crippen molar-refractivity contribution in [3.05, 3.63) is 53.5 Å². The zero-order valence-corrected chi connectivity index (χ0v) is 13.3. The number of aryl methyl sites for hydroxylation is 2. The van der Waals surface area contributed by atoms with Gasteiger partial charge < -0.3 is 14.6 Å². The molecule has 1 aromatic heterocycles. The molecule has 0 spiro atoms. The molecule has 0 saturated carbocycles. The van der Waals surface area contributed by atoms with E-state index in [4.69, 9.17) is 4.42 Å². The molecule has 1 atom stereocenters. The summed E-state index contributed by atoms with van der Waals surface area (Å²) < 4.78 is 5.20. The zero-order chi connectivity index (χ0) is 16.4. The Bertz CT molecular complexity index is 702. The molecule has 1 fully saturated rings. The third kappa shape index (κ3) is 3.13. The first-order chi connectivity index (χ1) is 11.1. The molecular formula is C18H20N2O3. The molecule has 1 aliphatic rings. The Labute approximate surface area is 135 Å². The van der Waals surface area contributed by atoms with Crippen LogP contribution in [0.5, 0.6) is 0 Å². The molecular weight excluding hydrogens is 292 g/mol. The lowest BCUT2D eigenvalue weighted by molar-refractivity contribution is -0.126. The highest BCUT2D eigenvalue weighted by atomic mass is 16.3. The summed E-state index contributed by atoms with van der Waals surface area (Å²) in [5.41, 5.74) is 3.03. The van der Waals surface area contributed by atoms with E-state index >= 15 is 0 Å². The Balaban J connectivity index is 1.68. The average Bonchev–Trinajstić information content (AvgIpc) is 3.15. The largest absolute Gasteiger partial charge is 0.467 e. The van der Waals surface area contributed by atoms with Gasteiger partial charge in [0.05, 0.1) is 18.7 Å². The van der Waals surface area contributed by atoms with Crippen LogP contribution in [0, 0.1) is 19.8 Å². The van der Waals surface area contributed by atoms with E-state index in [-0.39, 0.29) is 24.2 Å². The summed E-state index contributed by atoms with van der Waals surface area (Å²) in [4.78, 5) is 26.4. The first-order valence-electron chi connectivity index (χ1n) is 7.73. The number of amides is 2. The van der Waals surface area contributed by atoms with Crippen molar-refractivity contribution in [2.75, 3.05) is 11.4 Å². The van der Waals surface area contributed by atoms with Crippen LogP contribution in [0.25, 0.3) is 0 Å². The number of anilines is 1. The van der Waals surface area contributed by atoms with Gasteiger partial charge in [-0.3, -0.25) is 9.59 Å². The number of nitrogens with zero attached hydrogens (tertiary/aromatic N) is 1. The summed E-state index contributed by atoms with van der Waals surface area (Å²) in [6.45, 7) is 4.74. The van der Waals surface area contributed by atoms with Crippen molar-refractivity contribution in [1.29, 1.82) is 0 Å². The van der Waals surface area contributed by atoms with Crippen molar-refractivity contribution in [3.8, 4) is 0 Å². The number of nitrogens with one attached hydrogen (secondary N) is 1. The van der Waals surface area contributed by atoms with E-state index in [1.54, 1.807) is 17.2 Å². The fourth-order valence-electron chi connectivity index (χ4n) is 3.06. The topological polar surface area (TPSA) is 62.6 Å². The van der Waals surface area contributed by atoms with E-state index in [0.29, 0.717) is 18.8 Å². The van der Waals surface area contributed by atoms with Crippen LogP contribution in [0.4, 0.5) is 5.69 Å². The minimum atomic E-state index is -0.323. The summed E-state index contributed by atoms with van der Waals surface area (Å²) in [5.74, 6) is 0.273. The Morgan fingerprint density at radius 2 is 2.00 bits per heavy atom. The van der Waals surface area contributed by atoms with Gasteiger partial charge in [-0.2, -0.15) is 0 Å². The van der Waals surface area contributed by atoms with E-state index < -0.39 is 0 Å². The molecule has 2 heterocycles. The fraction of sp³-hybridized carbons (Fsp3) is 0.333. The predicted molar refractivity (Wildman–Crippen MR) is 86.9 cm³/mol. The van der Waals surface area contributed by atoms with Gasteiger partial charge in [0.2, 0.25) is 11.8 Å². The average molecular weight is 312 g/mol. The Kier molecular flexibility index (Phi) is 4.19. The predicted octanol–water partition coefficient (Wildman–Crippen LogP) is 2.57. The molecule has 1 aromatic carbocycles. The minimum Gasteiger partial charge on any atom is -0.467 e. The second kappa shape index (κ2) is 6.28. The molecule has 23 heavy (non-hydrogen) atoms. The molecule has 1 saturated heterocycles. The molecule has 0 unspecified atom stereocenters. The quantitative estimate of drug-likeness (QED) is 0.944. The molecule has 0 bridgehead atoms. The van der Waals surface area contributed by atoms with Gasteiger partial charge in [-0.1, -0.05) is 18.2 Å².